The summed E-state index contributed by atoms with van der Waals surface area (Å²) in [5, 5.41) is 9.23. The maximum atomic E-state index is 13.8. The highest BCUT2D eigenvalue weighted by Gasteiger charge is 2.11. The van der Waals surface area contributed by atoms with Gasteiger partial charge in [0.15, 0.2) is 0 Å². The van der Waals surface area contributed by atoms with Crippen molar-refractivity contribution in [3.05, 3.63) is 33.5 Å². The normalized spacial score (nSPS) is 12.9. The van der Waals surface area contributed by atoms with Crippen molar-refractivity contribution in [2.45, 2.75) is 26.1 Å². The summed E-state index contributed by atoms with van der Waals surface area (Å²) < 4.78 is 19.5. The lowest BCUT2D eigenvalue weighted by Crippen LogP contribution is -2.08. The Bertz CT molecular complexity index is 340. The molecular weight excluding hydrogens is 263 g/mol. The molecule has 0 saturated carbocycles. The van der Waals surface area contributed by atoms with E-state index in [1.165, 1.54) is 7.11 Å². The molecule has 1 N–H and O–H groups in total. The summed E-state index contributed by atoms with van der Waals surface area (Å²) in [5.41, 5.74) is 1.01. The van der Waals surface area contributed by atoms with Crippen LogP contribution in [0.15, 0.2) is 16.6 Å². The van der Waals surface area contributed by atoms with Crippen LogP contribution in [0.25, 0.3) is 0 Å². The molecule has 15 heavy (non-hydrogen) atoms. The first-order valence-corrected chi connectivity index (χ1v) is 5.47. The average molecular weight is 277 g/mol. The molecule has 1 aromatic rings. The average Bonchev–Trinajstić information content (AvgIpc) is 2.12. The SMILES string of the molecule is COCc1cc(Br)cc(CC(C)O)c1F. The molecule has 0 amide bonds. The van der Waals surface area contributed by atoms with Crippen LogP contribution in [0.3, 0.4) is 0 Å². The van der Waals surface area contributed by atoms with Crippen LogP contribution in [0.1, 0.15) is 18.1 Å². The van der Waals surface area contributed by atoms with Crippen LogP contribution in [0.2, 0.25) is 0 Å². The van der Waals surface area contributed by atoms with Crippen molar-refractivity contribution in [1.82, 2.24) is 0 Å². The van der Waals surface area contributed by atoms with E-state index in [0.717, 1.165) is 4.47 Å². The Hall–Kier alpha value is -0.450. The lowest BCUT2D eigenvalue weighted by atomic mass is 10.0. The number of rotatable bonds is 4. The molecule has 0 bridgehead atoms. The van der Waals surface area contributed by atoms with E-state index < -0.39 is 6.10 Å². The Morgan fingerprint density at radius 3 is 2.60 bits per heavy atom. The molecule has 0 aliphatic heterocycles. The van der Waals surface area contributed by atoms with Crippen LogP contribution in [0, 0.1) is 5.82 Å². The van der Waals surface area contributed by atoms with Gasteiger partial charge in [0.05, 0.1) is 12.7 Å². The van der Waals surface area contributed by atoms with Crippen molar-refractivity contribution in [1.29, 1.82) is 0 Å². The number of benzene rings is 1. The lowest BCUT2D eigenvalue weighted by molar-refractivity contribution is 0.179. The number of aliphatic hydroxyl groups is 1. The molecule has 0 aliphatic carbocycles. The Kier molecular flexibility index (Phi) is 4.70. The fourth-order valence-corrected chi connectivity index (χ4v) is 1.99. The number of hydrogen-bond acceptors (Lipinski definition) is 2. The van der Waals surface area contributed by atoms with Crippen LogP contribution < -0.4 is 0 Å². The molecule has 1 rings (SSSR count). The fourth-order valence-electron chi connectivity index (χ4n) is 1.43. The molecule has 0 aliphatic rings. The Balaban J connectivity index is 3.04. The number of methoxy groups -OCH3 is 1. The predicted octanol–water partition coefficient (Wildman–Crippen LogP) is 2.66. The monoisotopic (exact) mass is 276 g/mol. The minimum absolute atomic E-state index is 0.234. The smallest absolute Gasteiger partial charge is 0.132 e. The summed E-state index contributed by atoms with van der Waals surface area (Å²) in [7, 11) is 1.52. The Morgan fingerprint density at radius 1 is 1.47 bits per heavy atom. The number of halogens is 2. The summed E-state index contributed by atoms with van der Waals surface area (Å²) in [4.78, 5) is 0. The Labute approximate surface area is 97.2 Å². The number of hydrogen-bond donors (Lipinski definition) is 1. The number of ether oxygens (including phenoxy) is 1. The third kappa shape index (κ3) is 3.55. The Morgan fingerprint density at radius 2 is 2.07 bits per heavy atom. The van der Waals surface area contributed by atoms with Gasteiger partial charge in [0, 0.05) is 23.6 Å². The zero-order valence-corrected chi connectivity index (χ0v) is 10.3. The quantitative estimate of drug-likeness (QED) is 0.916. The van der Waals surface area contributed by atoms with E-state index in [4.69, 9.17) is 4.74 Å². The predicted molar refractivity (Wildman–Crippen MR) is 60.2 cm³/mol. The van der Waals surface area contributed by atoms with Gasteiger partial charge >= 0.3 is 0 Å². The van der Waals surface area contributed by atoms with Crippen LogP contribution in [-0.2, 0) is 17.8 Å². The molecule has 0 aromatic heterocycles. The first kappa shape index (κ1) is 12.6. The van der Waals surface area contributed by atoms with Crippen LogP contribution in [-0.4, -0.2) is 18.3 Å². The number of aliphatic hydroxyl groups excluding tert-OH is 1. The summed E-state index contributed by atoms with van der Waals surface area (Å²) >= 11 is 3.30. The van der Waals surface area contributed by atoms with Crippen LogP contribution >= 0.6 is 15.9 Å². The van der Waals surface area contributed by atoms with E-state index in [1.54, 1.807) is 19.1 Å². The fraction of sp³-hybridized carbons (Fsp3) is 0.455. The molecule has 0 fully saturated rings. The highest BCUT2D eigenvalue weighted by molar-refractivity contribution is 9.10. The maximum absolute atomic E-state index is 13.8. The van der Waals surface area contributed by atoms with Gasteiger partial charge in [0.25, 0.3) is 0 Å². The highest BCUT2D eigenvalue weighted by atomic mass is 79.9. The molecule has 2 nitrogen and oxygen atoms in total. The standard InChI is InChI=1S/C11H14BrFO2/c1-7(14)3-8-4-10(12)5-9(6-15-2)11(8)13/h4-5,7,14H,3,6H2,1-2H3. The van der Waals surface area contributed by atoms with Gasteiger partial charge in [-0.3, -0.25) is 0 Å². The van der Waals surface area contributed by atoms with Gasteiger partial charge in [-0.2, -0.15) is 0 Å². The van der Waals surface area contributed by atoms with Gasteiger partial charge in [0.1, 0.15) is 5.82 Å². The third-order valence-corrected chi connectivity index (χ3v) is 2.46. The van der Waals surface area contributed by atoms with E-state index in [1.807, 2.05) is 0 Å². The second kappa shape index (κ2) is 5.58. The zero-order chi connectivity index (χ0) is 11.4. The second-order valence-electron chi connectivity index (χ2n) is 3.52. The zero-order valence-electron chi connectivity index (χ0n) is 8.76. The van der Waals surface area contributed by atoms with Gasteiger partial charge in [-0.15, -0.1) is 0 Å². The minimum atomic E-state index is -0.552. The van der Waals surface area contributed by atoms with Crippen LogP contribution in [0.5, 0.6) is 0 Å². The molecule has 0 heterocycles. The largest absolute Gasteiger partial charge is 0.393 e. The molecule has 0 radical (unpaired) electrons. The summed E-state index contributed by atoms with van der Waals surface area (Å²) in [6.45, 7) is 1.87. The van der Waals surface area contributed by atoms with Gasteiger partial charge in [-0.1, -0.05) is 15.9 Å². The molecule has 1 unspecified atom stereocenters. The van der Waals surface area contributed by atoms with Crippen molar-refractivity contribution in [3.63, 3.8) is 0 Å². The summed E-state index contributed by atoms with van der Waals surface area (Å²) in [6, 6.07) is 3.37. The van der Waals surface area contributed by atoms with Gasteiger partial charge < -0.3 is 9.84 Å². The summed E-state index contributed by atoms with van der Waals surface area (Å²) in [6.07, 6.45) is -0.244. The third-order valence-electron chi connectivity index (χ3n) is 2.00. The van der Waals surface area contributed by atoms with Crippen molar-refractivity contribution in [3.8, 4) is 0 Å². The van der Waals surface area contributed by atoms with Crippen molar-refractivity contribution >= 4 is 15.9 Å². The minimum Gasteiger partial charge on any atom is -0.393 e. The lowest BCUT2D eigenvalue weighted by Gasteiger charge is -2.10. The first-order chi connectivity index (χ1) is 7.04. The molecule has 4 heteroatoms. The molecule has 0 saturated heterocycles. The first-order valence-electron chi connectivity index (χ1n) is 4.68. The molecule has 84 valence electrons. The highest BCUT2D eigenvalue weighted by Crippen LogP contribution is 2.22. The van der Waals surface area contributed by atoms with Crippen LogP contribution in [0.4, 0.5) is 4.39 Å². The van der Waals surface area contributed by atoms with E-state index >= 15 is 0 Å². The van der Waals surface area contributed by atoms with Crippen molar-refractivity contribution < 1.29 is 14.2 Å². The molecular formula is C11H14BrFO2. The van der Waals surface area contributed by atoms with Crippen molar-refractivity contribution in [2.75, 3.05) is 7.11 Å². The van der Waals surface area contributed by atoms with Gasteiger partial charge in [-0.25, -0.2) is 4.39 Å². The topological polar surface area (TPSA) is 29.5 Å². The van der Waals surface area contributed by atoms with E-state index in [0.29, 0.717) is 17.5 Å². The molecule has 1 atom stereocenters. The van der Waals surface area contributed by atoms with Crippen molar-refractivity contribution in [2.24, 2.45) is 0 Å². The van der Waals surface area contributed by atoms with E-state index in [-0.39, 0.29) is 12.4 Å². The summed E-state index contributed by atoms with van der Waals surface area (Å²) in [5.74, 6) is -0.291. The molecule has 1 aromatic carbocycles. The van der Waals surface area contributed by atoms with E-state index in [9.17, 15) is 9.50 Å². The second-order valence-corrected chi connectivity index (χ2v) is 4.44. The van der Waals surface area contributed by atoms with E-state index in [2.05, 4.69) is 15.9 Å². The van der Waals surface area contributed by atoms with Gasteiger partial charge in [-0.05, 0) is 24.6 Å². The molecule has 0 spiro atoms. The maximum Gasteiger partial charge on any atom is 0.132 e. The van der Waals surface area contributed by atoms with Gasteiger partial charge in [0.2, 0.25) is 0 Å².